The van der Waals surface area contributed by atoms with E-state index < -0.39 is 26.7 Å². The SMILES string of the molecule is CCOc1ccc(NC(=O)c2cc3ccccc3c(N=Nc3c(S(=O)(=O)O)ccc(Cl)c3C)c2[O-])c(Cl)c1.[Na+]. The summed E-state index contributed by atoms with van der Waals surface area (Å²) in [5.74, 6) is -0.963. The maximum Gasteiger partial charge on any atom is 1.00 e. The number of halogens is 2. The summed E-state index contributed by atoms with van der Waals surface area (Å²) in [7, 11) is -4.67. The first-order valence-corrected chi connectivity index (χ1v) is 13.4. The number of azo groups is 1. The molecule has 0 spiro atoms. The van der Waals surface area contributed by atoms with E-state index in [1.54, 1.807) is 42.5 Å². The first-order valence-electron chi connectivity index (χ1n) is 11.2. The van der Waals surface area contributed by atoms with E-state index in [0.717, 1.165) is 6.07 Å². The zero-order chi connectivity index (χ0) is 27.6. The van der Waals surface area contributed by atoms with Gasteiger partial charge in [0.2, 0.25) is 0 Å². The first-order chi connectivity index (χ1) is 18.0. The van der Waals surface area contributed by atoms with Crippen molar-refractivity contribution in [2.24, 2.45) is 10.2 Å². The monoisotopic (exact) mass is 595 g/mol. The summed E-state index contributed by atoms with van der Waals surface area (Å²) >= 11 is 12.4. The van der Waals surface area contributed by atoms with Crippen LogP contribution in [0.1, 0.15) is 22.8 Å². The van der Waals surface area contributed by atoms with Crippen molar-refractivity contribution >= 4 is 67.1 Å². The van der Waals surface area contributed by atoms with Crippen LogP contribution in [0, 0.1) is 6.92 Å². The van der Waals surface area contributed by atoms with Crippen LogP contribution in [0.15, 0.2) is 75.8 Å². The Labute approximate surface area is 256 Å². The van der Waals surface area contributed by atoms with Gasteiger partial charge in [0.15, 0.2) is 0 Å². The molecule has 13 heteroatoms. The van der Waals surface area contributed by atoms with Crippen molar-refractivity contribution in [1.82, 2.24) is 0 Å². The minimum atomic E-state index is -4.67. The van der Waals surface area contributed by atoms with Crippen LogP contribution in [0.25, 0.3) is 10.8 Å². The van der Waals surface area contributed by atoms with Gasteiger partial charge >= 0.3 is 29.6 Å². The fourth-order valence-corrected chi connectivity index (χ4v) is 4.75. The summed E-state index contributed by atoms with van der Waals surface area (Å²) in [6.45, 7) is 3.76. The number of ether oxygens (including phenoxy) is 1. The van der Waals surface area contributed by atoms with Crippen molar-refractivity contribution in [1.29, 1.82) is 0 Å². The van der Waals surface area contributed by atoms with E-state index in [9.17, 15) is 22.9 Å². The molecular weight excluding hydrogens is 576 g/mol. The van der Waals surface area contributed by atoms with Crippen LogP contribution in [-0.2, 0) is 10.1 Å². The van der Waals surface area contributed by atoms with Crippen molar-refractivity contribution in [2.75, 3.05) is 11.9 Å². The molecule has 4 aromatic carbocycles. The van der Waals surface area contributed by atoms with Gasteiger partial charge in [-0.2, -0.15) is 13.5 Å². The largest absolute Gasteiger partial charge is 1.00 e. The molecule has 0 bridgehead atoms. The minimum Gasteiger partial charge on any atom is -0.870 e. The maximum absolute atomic E-state index is 13.4. The van der Waals surface area contributed by atoms with Gasteiger partial charge in [0.1, 0.15) is 16.3 Å². The number of carbonyl (C=O) groups excluding carboxylic acids is 1. The number of hydrogen-bond donors (Lipinski definition) is 2. The predicted octanol–water partition coefficient (Wildman–Crippen LogP) is 3.85. The molecule has 0 radical (unpaired) electrons. The molecule has 196 valence electrons. The number of amides is 1. The van der Waals surface area contributed by atoms with Crippen LogP contribution in [-0.4, -0.2) is 25.5 Å². The zero-order valence-corrected chi connectivity index (χ0v) is 25.4. The molecule has 0 atom stereocenters. The molecule has 2 N–H and O–H groups in total. The Hall–Kier alpha value is -2.70. The van der Waals surface area contributed by atoms with E-state index in [2.05, 4.69) is 15.5 Å². The molecule has 0 unspecified atom stereocenters. The third-order valence-electron chi connectivity index (χ3n) is 5.58. The second-order valence-electron chi connectivity index (χ2n) is 8.05. The number of benzene rings is 4. The number of anilines is 1. The van der Waals surface area contributed by atoms with E-state index in [0.29, 0.717) is 23.1 Å². The summed E-state index contributed by atoms with van der Waals surface area (Å²) in [4.78, 5) is 12.6. The van der Waals surface area contributed by atoms with Gasteiger partial charge in [-0.15, -0.1) is 5.11 Å². The topological polar surface area (TPSA) is 140 Å². The fraction of sp³-hybridized carbons (Fsp3) is 0.115. The van der Waals surface area contributed by atoms with Gasteiger partial charge in [-0.05, 0) is 55.1 Å². The van der Waals surface area contributed by atoms with E-state index in [4.69, 9.17) is 27.9 Å². The first kappa shape index (κ1) is 30.8. The third-order valence-corrected chi connectivity index (χ3v) is 7.18. The molecule has 39 heavy (non-hydrogen) atoms. The molecule has 0 heterocycles. The second-order valence-corrected chi connectivity index (χ2v) is 10.3. The Morgan fingerprint density at radius 3 is 2.38 bits per heavy atom. The van der Waals surface area contributed by atoms with E-state index >= 15 is 0 Å². The third kappa shape index (κ3) is 6.72. The van der Waals surface area contributed by atoms with E-state index in [-0.39, 0.29) is 67.8 Å². The number of rotatable bonds is 7. The summed E-state index contributed by atoms with van der Waals surface area (Å²) < 4.78 is 38.8. The molecule has 0 fully saturated rings. The molecule has 0 saturated carbocycles. The van der Waals surface area contributed by atoms with Crippen molar-refractivity contribution in [2.45, 2.75) is 18.7 Å². The molecule has 0 aliphatic carbocycles. The number of nitrogens with one attached hydrogen (secondary N) is 1. The molecule has 0 saturated heterocycles. The van der Waals surface area contributed by atoms with Gasteiger partial charge in [0.05, 0.1) is 23.0 Å². The molecule has 4 aromatic rings. The Kier molecular flexibility index (Phi) is 10.0. The van der Waals surface area contributed by atoms with Crippen molar-refractivity contribution in [3.05, 3.63) is 81.8 Å². The number of carbonyl (C=O) groups is 1. The number of nitrogens with zero attached hydrogens (tertiary/aromatic N) is 2. The molecular formula is C26H20Cl2N3NaO6S. The summed E-state index contributed by atoms with van der Waals surface area (Å²) in [6, 6.07) is 15.2. The smallest absolute Gasteiger partial charge is 0.870 e. The molecule has 1 amide bonds. The Morgan fingerprint density at radius 1 is 1.03 bits per heavy atom. The fourth-order valence-electron chi connectivity index (χ4n) is 3.70. The summed E-state index contributed by atoms with van der Waals surface area (Å²) in [5.41, 5.74) is -0.184. The Balaban J connectivity index is 0.00000420. The molecule has 0 aliphatic heterocycles. The Bertz CT molecular complexity index is 1710. The molecule has 4 rings (SSSR count). The van der Waals surface area contributed by atoms with Gasteiger partial charge in [-0.3, -0.25) is 9.35 Å². The molecule has 0 aromatic heterocycles. The van der Waals surface area contributed by atoms with Gasteiger partial charge in [-0.25, -0.2) is 0 Å². The molecule has 0 aliphatic rings. The summed E-state index contributed by atoms with van der Waals surface area (Å²) in [6.07, 6.45) is 0. The normalized spacial score (nSPS) is 11.4. The van der Waals surface area contributed by atoms with Gasteiger partial charge in [-0.1, -0.05) is 53.2 Å². The van der Waals surface area contributed by atoms with Crippen LogP contribution in [0.3, 0.4) is 0 Å². The van der Waals surface area contributed by atoms with Crippen LogP contribution in [0.4, 0.5) is 17.1 Å². The minimum absolute atomic E-state index is 0. The van der Waals surface area contributed by atoms with Crippen molar-refractivity contribution in [3.63, 3.8) is 0 Å². The quantitative estimate of drug-likeness (QED) is 0.189. The van der Waals surface area contributed by atoms with Crippen molar-refractivity contribution < 1.29 is 57.2 Å². The maximum atomic E-state index is 13.4. The van der Waals surface area contributed by atoms with Gasteiger partial charge in [0, 0.05) is 22.0 Å². The summed E-state index contributed by atoms with van der Waals surface area (Å²) in [5, 5.41) is 25.4. The van der Waals surface area contributed by atoms with E-state index in [1.165, 1.54) is 19.1 Å². The second kappa shape index (κ2) is 12.6. The Morgan fingerprint density at radius 2 is 1.72 bits per heavy atom. The van der Waals surface area contributed by atoms with Crippen LogP contribution in [0.5, 0.6) is 11.5 Å². The number of hydrogen-bond acceptors (Lipinski definition) is 7. The number of fused-ring (bicyclic) bond motifs is 1. The van der Waals surface area contributed by atoms with Crippen LogP contribution < -0.4 is 44.7 Å². The van der Waals surface area contributed by atoms with Crippen molar-refractivity contribution in [3.8, 4) is 11.5 Å². The standard InChI is InChI=1S/C26H21Cl2N3O6S.Na/c1-3-37-16-8-10-21(20(28)13-16)29-26(33)18-12-15-6-4-5-7-17(15)24(25(18)32)31-30-23-14(2)19(27)9-11-22(23)38(34,35)36;/h4-13,32H,3H2,1-2H3,(H,29,33)(H,34,35,36);/q;+1/p-1. The van der Waals surface area contributed by atoms with Crippen LogP contribution in [0.2, 0.25) is 10.0 Å². The van der Waals surface area contributed by atoms with Gasteiger partial charge in [0.25, 0.3) is 16.0 Å². The average molecular weight is 596 g/mol. The van der Waals surface area contributed by atoms with E-state index in [1.807, 2.05) is 6.92 Å². The molecule has 9 nitrogen and oxygen atoms in total. The van der Waals surface area contributed by atoms with Gasteiger partial charge < -0.3 is 15.2 Å². The predicted molar refractivity (Wildman–Crippen MR) is 144 cm³/mol. The average Bonchev–Trinajstić information content (AvgIpc) is 2.86. The van der Waals surface area contributed by atoms with Crippen LogP contribution >= 0.6 is 23.2 Å². The zero-order valence-electron chi connectivity index (χ0n) is 21.0.